The van der Waals surface area contributed by atoms with Crippen LogP contribution in [0.1, 0.15) is 58.2 Å². The third-order valence-corrected chi connectivity index (χ3v) is 6.10. The molecule has 0 atom stereocenters. The van der Waals surface area contributed by atoms with Gasteiger partial charge in [0.2, 0.25) is 0 Å². The number of benzene rings is 2. The van der Waals surface area contributed by atoms with Crippen LogP contribution in [0.5, 0.6) is 0 Å². The zero-order valence-electron chi connectivity index (χ0n) is 22.7. The normalized spacial score (nSPS) is 11.6. The van der Waals surface area contributed by atoms with Crippen LogP contribution in [0.3, 0.4) is 0 Å². The zero-order valence-corrected chi connectivity index (χ0v) is 23.8. The largest absolute Gasteiger partial charge is 2.00 e. The molecule has 0 saturated heterocycles. The Morgan fingerprint density at radius 3 is 1.71 bits per heavy atom. The van der Waals surface area contributed by atoms with Gasteiger partial charge in [0.25, 0.3) is 0 Å². The maximum absolute atomic E-state index is 2.40. The van der Waals surface area contributed by atoms with Gasteiger partial charge in [0.1, 0.15) is 0 Å². The molecule has 186 valence electrons. The summed E-state index contributed by atoms with van der Waals surface area (Å²) in [5.41, 5.74) is 9.70. The van der Waals surface area contributed by atoms with Crippen LogP contribution < -0.4 is 0 Å². The van der Waals surface area contributed by atoms with Crippen molar-refractivity contribution in [1.82, 2.24) is 4.90 Å². The van der Waals surface area contributed by atoms with E-state index in [4.69, 9.17) is 0 Å². The first kappa shape index (κ1) is 28.9. The second-order valence-electron chi connectivity index (χ2n) is 11.5. The molecule has 0 aliphatic rings. The van der Waals surface area contributed by atoms with Gasteiger partial charge in [-0.15, -0.1) is 41.0 Å². The number of hydrogen-bond acceptors (Lipinski definition) is 1. The van der Waals surface area contributed by atoms with Gasteiger partial charge in [0.05, 0.1) is 0 Å². The average Bonchev–Trinajstić information content (AvgIpc) is 3.46. The van der Waals surface area contributed by atoms with Crippen molar-refractivity contribution in [2.45, 2.75) is 58.9 Å². The van der Waals surface area contributed by atoms with Gasteiger partial charge in [0, 0.05) is 0 Å². The van der Waals surface area contributed by atoms with E-state index >= 15 is 0 Å². The van der Waals surface area contributed by atoms with E-state index in [1.54, 1.807) is 0 Å². The predicted octanol–water partition coefficient (Wildman–Crippen LogP) is 8.80. The molecule has 2 heteroatoms. The van der Waals surface area contributed by atoms with Crippen molar-refractivity contribution in [1.29, 1.82) is 0 Å². The van der Waals surface area contributed by atoms with Crippen molar-refractivity contribution >= 4 is 0 Å². The summed E-state index contributed by atoms with van der Waals surface area (Å²) in [5.74, 6) is 0. The Morgan fingerprint density at radius 1 is 0.743 bits per heavy atom. The molecule has 4 rings (SSSR count). The summed E-state index contributed by atoms with van der Waals surface area (Å²) in [5, 5.41) is 0. The Kier molecular flexibility index (Phi) is 9.93. The van der Waals surface area contributed by atoms with E-state index in [0.717, 1.165) is 6.54 Å². The molecule has 0 aliphatic heterocycles. The molecule has 0 amide bonds. The maximum atomic E-state index is 2.40. The smallest absolute Gasteiger partial charge is 0.313 e. The molecule has 1 nitrogen and oxygen atoms in total. The summed E-state index contributed by atoms with van der Waals surface area (Å²) in [6.45, 7) is 14.8. The Morgan fingerprint density at radius 2 is 1.29 bits per heavy atom. The van der Waals surface area contributed by atoms with Gasteiger partial charge in [-0.05, 0) is 42.6 Å². The van der Waals surface area contributed by atoms with Crippen molar-refractivity contribution in [3.05, 3.63) is 108 Å². The van der Waals surface area contributed by atoms with Crippen LogP contribution in [0.2, 0.25) is 0 Å². The molecule has 0 saturated carbocycles. The molecule has 0 unspecified atom stereocenters. The quantitative estimate of drug-likeness (QED) is 0.197. The minimum absolute atomic E-state index is 0. The van der Waals surface area contributed by atoms with E-state index in [1.807, 2.05) is 30.3 Å². The summed E-state index contributed by atoms with van der Waals surface area (Å²) < 4.78 is 0. The van der Waals surface area contributed by atoms with Crippen molar-refractivity contribution in [3.63, 3.8) is 0 Å². The molecule has 0 aliphatic carbocycles. The molecule has 0 aromatic heterocycles. The first-order valence-corrected chi connectivity index (χ1v) is 12.3. The van der Waals surface area contributed by atoms with Crippen molar-refractivity contribution < 1.29 is 17.1 Å². The first-order chi connectivity index (χ1) is 15.9. The third kappa shape index (κ3) is 8.07. The topological polar surface area (TPSA) is 3.24 Å². The van der Waals surface area contributed by atoms with E-state index in [-0.39, 0.29) is 27.9 Å². The van der Waals surface area contributed by atoms with Gasteiger partial charge in [-0.25, -0.2) is 12.1 Å². The monoisotopic (exact) mass is 507 g/mol. The summed E-state index contributed by atoms with van der Waals surface area (Å²) in [4.78, 5) is 2.26. The fraction of sp³-hybridized carbons (Fsp3) is 0.333. The van der Waals surface area contributed by atoms with Crippen LogP contribution in [0.15, 0.2) is 91.0 Å². The molecule has 0 spiro atoms. The fourth-order valence-electron chi connectivity index (χ4n) is 4.06. The average molecular weight is 508 g/mol. The Hall–Kier alpha value is -2.38. The maximum Gasteiger partial charge on any atom is 2.00 e. The zero-order chi connectivity index (χ0) is 24.9. The SMILES string of the molecule is CN(C)Cc1c[c-](-c2ccccc2)cc1-c1cc(C(C)(C)C)cc(C(C)(C)C)c1.[Fe+2].c1cc[cH-]c1. The molecule has 0 N–H and O–H groups in total. The summed E-state index contributed by atoms with van der Waals surface area (Å²) in [7, 11) is 4.29. The molecule has 0 radical (unpaired) electrons. The third-order valence-electron chi connectivity index (χ3n) is 6.10. The summed E-state index contributed by atoms with van der Waals surface area (Å²) >= 11 is 0. The molecule has 4 aromatic rings. The van der Waals surface area contributed by atoms with Gasteiger partial charge in [-0.2, -0.15) is 18.2 Å². The minimum Gasteiger partial charge on any atom is -0.313 e. The molecule has 35 heavy (non-hydrogen) atoms. The van der Waals surface area contributed by atoms with Gasteiger partial charge >= 0.3 is 17.1 Å². The predicted molar refractivity (Wildman–Crippen MR) is 150 cm³/mol. The van der Waals surface area contributed by atoms with Crippen LogP contribution in [0.4, 0.5) is 0 Å². The summed E-state index contributed by atoms with van der Waals surface area (Å²) in [6, 6.07) is 32.7. The molecule has 0 heterocycles. The van der Waals surface area contributed by atoms with Crippen LogP contribution in [0, 0.1) is 0 Å². The van der Waals surface area contributed by atoms with Gasteiger partial charge < -0.3 is 4.90 Å². The van der Waals surface area contributed by atoms with Gasteiger partial charge in [-0.1, -0.05) is 89.1 Å². The Bertz CT molecular complexity index is 1100. The molecule has 0 bridgehead atoms. The summed E-state index contributed by atoms with van der Waals surface area (Å²) in [6.07, 6.45) is 0. The first-order valence-electron chi connectivity index (χ1n) is 12.3. The van der Waals surface area contributed by atoms with Crippen molar-refractivity contribution in [3.8, 4) is 22.3 Å². The van der Waals surface area contributed by atoms with E-state index in [1.165, 1.54) is 38.9 Å². The molecule has 0 fully saturated rings. The fourth-order valence-corrected chi connectivity index (χ4v) is 4.06. The van der Waals surface area contributed by atoms with Gasteiger partial charge in [-0.3, -0.25) is 0 Å². The molecular formula is C33H41FeN. The van der Waals surface area contributed by atoms with E-state index in [9.17, 15) is 0 Å². The van der Waals surface area contributed by atoms with E-state index < -0.39 is 0 Å². The molecular weight excluding hydrogens is 466 g/mol. The van der Waals surface area contributed by atoms with Crippen LogP contribution >= 0.6 is 0 Å². The Balaban J connectivity index is 0.000000640. The second kappa shape index (κ2) is 12.0. The minimum atomic E-state index is 0. The van der Waals surface area contributed by atoms with Crippen LogP contribution in [-0.2, 0) is 34.4 Å². The van der Waals surface area contributed by atoms with Gasteiger partial charge in [0.15, 0.2) is 0 Å². The van der Waals surface area contributed by atoms with Crippen molar-refractivity contribution in [2.75, 3.05) is 14.1 Å². The number of rotatable bonds is 4. The number of hydrogen-bond donors (Lipinski definition) is 0. The van der Waals surface area contributed by atoms with E-state index in [2.05, 4.69) is 121 Å². The second-order valence-corrected chi connectivity index (χ2v) is 11.5. The number of nitrogens with zero attached hydrogens (tertiary/aromatic N) is 1. The van der Waals surface area contributed by atoms with Crippen molar-refractivity contribution in [2.24, 2.45) is 0 Å². The molecule has 4 aromatic carbocycles. The Labute approximate surface area is 224 Å². The standard InChI is InChI=1S/C28H36N.C5H5.Fe/c1-27(2,3)24-15-22(16-25(18-24)28(4,5)6)26-17-21(14-23(26)19-29(7)8)20-12-10-9-11-13-20;1-2-4-5-3-1;/h9-18H,19H2,1-8H3;1-5H;/q2*-1;+2. The van der Waals surface area contributed by atoms with Crippen LogP contribution in [-0.4, -0.2) is 19.0 Å². The van der Waals surface area contributed by atoms with E-state index in [0.29, 0.717) is 0 Å². The van der Waals surface area contributed by atoms with Crippen LogP contribution in [0.25, 0.3) is 22.3 Å².